The zero-order valence-corrected chi connectivity index (χ0v) is 11.2. The number of pyridine rings is 1. The highest BCUT2D eigenvalue weighted by molar-refractivity contribution is 5.91. The third-order valence-electron chi connectivity index (χ3n) is 2.63. The monoisotopic (exact) mass is 273 g/mol. The second-order valence-corrected chi connectivity index (χ2v) is 4.15. The Bertz CT molecular complexity index is 692. The Balaban J connectivity index is 2.27. The van der Waals surface area contributed by atoms with Crippen molar-refractivity contribution < 1.29 is 14.7 Å². The number of hydrogen-bond donors (Lipinski definition) is 2. The van der Waals surface area contributed by atoms with Crippen LogP contribution in [0.3, 0.4) is 0 Å². The molecule has 20 heavy (non-hydrogen) atoms. The molecule has 1 heterocycles. The third-order valence-corrected chi connectivity index (χ3v) is 2.63. The lowest BCUT2D eigenvalue weighted by atomic mass is 10.2. The van der Waals surface area contributed by atoms with Crippen LogP contribution in [0.15, 0.2) is 47.6 Å². The van der Waals surface area contributed by atoms with Crippen LogP contribution < -0.4 is 15.5 Å². The van der Waals surface area contributed by atoms with Gasteiger partial charge in [0.05, 0.1) is 12.8 Å². The minimum absolute atomic E-state index is 0.136. The van der Waals surface area contributed by atoms with Gasteiger partial charge >= 0.3 is 6.03 Å². The normalized spacial score (nSPS) is 11.2. The fraction of sp³-hybridized carbons (Fsp3) is 0.143. The number of urea groups is 1. The van der Waals surface area contributed by atoms with Gasteiger partial charge in [0.1, 0.15) is 5.75 Å². The number of rotatable bonds is 2. The molecule has 2 rings (SSSR count). The number of anilines is 1. The summed E-state index contributed by atoms with van der Waals surface area (Å²) in [5.74, 6) is 0.545. The van der Waals surface area contributed by atoms with E-state index in [-0.39, 0.29) is 5.49 Å². The predicted molar refractivity (Wildman–Crippen MR) is 73.9 cm³/mol. The number of ether oxygens (including phenoxy) is 1. The molecule has 1 aromatic heterocycles. The number of carbonyl (C=O) groups excluding carboxylic acids is 1. The minimum Gasteiger partial charge on any atom is -0.495 e. The van der Waals surface area contributed by atoms with Crippen LogP contribution in [-0.2, 0) is 0 Å². The first-order chi connectivity index (χ1) is 9.60. The molecule has 0 atom stereocenters. The number of amides is 2. The average molecular weight is 273 g/mol. The predicted octanol–water partition coefficient (Wildman–Crippen LogP) is 2.18. The Morgan fingerprint density at radius 2 is 2.15 bits per heavy atom. The van der Waals surface area contributed by atoms with E-state index < -0.39 is 6.03 Å². The molecule has 0 radical (unpaired) electrons. The lowest BCUT2D eigenvalue weighted by molar-refractivity contribution is 0.171. The van der Waals surface area contributed by atoms with Crippen molar-refractivity contribution in [2.75, 3.05) is 12.4 Å². The number of nitrogens with one attached hydrogen (secondary N) is 1. The second kappa shape index (κ2) is 5.92. The van der Waals surface area contributed by atoms with Crippen LogP contribution >= 0.6 is 0 Å². The molecule has 6 heteroatoms. The van der Waals surface area contributed by atoms with E-state index in [2.05, 4.69) is 10.3 Å². The summed E-state index contributed by atoms with van der Waals surface area (Å²) in [6.45, 7) is 1.91. The van der Waals surface area contributed by atoms with Gasteiger partial charge < -0.3 is 15.3 Å². The molecular formula is C14H15N3O3. The SMILES string of the molecule is COc1ccc(C)cc1NC(=O)/N=c1/ccccn1O. The summed E-state index contributed by atoms with van der Waals surface area (Å²) in [6, 6.07) is 9.65. The first kappa shape index (κ1) is 13.7. The average Bonchev–Trinajstić information content (AvgIpc) is 2.41. The largest absolute Gasteiger partial charge is 0.495 e. The van der Waals surface area contributed by atoms with Gasteiger partial charge in [-0.25, -0.2) is 4.79 Å². The number of nitrogens with zero attached hydrogens (tertiary/aromatic N) is 2. The lowest BCUT2D eigenvalue weighted by Crippen LogP contribution is -2.21. The van der Waals surface area contributed by atoms with Crippen molar-refractivity contribution >= 4 is 11.7 Å². The van der Waals surface area contributed by atoms with Gasteiger partial charge in [0.2, 0.25) is 0 Å². The molecule has 0 aliphatic heterocycles. The first-order valence-electron chi connectivity index (χ1n) is 5.97. The molecule has 0 unspecified atom stereocenters. The molecule has 2 amide bonds. The number of aryl methyl sites for hydroxylation is 1. The maximum absolute atomic E-state index is 11.9. The molecule has 0 aliphatic rings. The molecular weight excluding hydrogens is 258 g/mol. The van der Waals surface area contributed by atoms with E-state index in [1.165, 1.54) is 19.4 Å². The maximum atomic E-state index is 11.9. The van der Waals surface area contributed by atoms with E-state index in [1.54, 1.807) is 24.3 Å². The van der Waals surface area contributed by atoms with E-state index in [1.807, 2.05) is 13.0 Å². The van der Waals surface area contributed by atoms with Crippen molar-refractivity contribution in [3.8, 4) is 5.75 Å². The Kier molecular flexibility index (Phi) is 4.05. The summed E-state index contributed by atoms with van der Waals surface area (Å²) in [7, 11) is 1.52. The van der Waals surface area contributed by atoms with Gasteiger partial charge in [-0.1, -0.05) is 12.1 Å². The standard InChI is InChI=1S/C14H15N3O3/c1-10-6-7-12(20-2)11(9-10)15-14(18)16-13-5-3-4-8-17(13)19/h3-9,19H,1-2H3,(H,15,18)/b16-13-. The van der Waals surface area contributed by atoms with Crippen LogP contribution in [-0.4, -0.2) is 23.1 Å². The van der Waals surface area contributed by atoms with Gasteiger partial charge in [-0.15, -0.1) is 0 Å². The fourth-order valence-electron chi connectivity index (χ4n) is 1.68. The zero-order valence-electron chi connectivity index (χ0n) is 11.2. The van der Waals surface area contributed by atoms with E-state index >= 15 is 0 Å². The van der Waals surface area contributed by atoms with Crippen molar-refractivity contribution in [1.29, 1.82) is 0 Å². The molecule has 2 aromatic rings. The second-order valence-electron chi connectivity index (χ2n) is 4.15. The first-order valence-corrected chi connectivity index (χ1v) is 5.97. The smallest absolute Gasteiger partial charge is 0.347 e. The van der Waals surface area contributed by atoms with Gasteiger partial charge in [0.25, 0.3) is 0 Å². The maximum Gasteiger partial charge on any atom is 0.347 e. The highest BCUT2D eigenvalue weighted by Crippen LogP contribution is 2.25. The summed E-state index contributed by atoms with van der Waals surface area (Å²) < 4.78 is 5.94. The molecule has 0 aliphatic carbocycles. The minimum atomic E-state index is -0.595. The van der Waals surface area contributed by atoms with E-state index in [0.29, 0.717) is 11.4 Å². The Labute approximate surface area is 115 Å². The zero-order chi connectivity index (χ0) is 14.5. The number of hydrogen-bond acceptors (Lipinski definition) is 3. The van der Waals surface area contributed by atoms with Crippen molar-refractivity contribution in [3.05, 3.63) is 53.6 Å². The molecule has 0 spiro atoms. The molecule has 0 saturated carbocycles. The Morgan fingerprint density at radius 1 is 1.35 bits per heavy atom. The highest BCUT2D eigenvalue weighted by Gasteiger charge is 2.06. The summed E-state index contributed by atoms with van der Waals surface area (Å²) in [5.41, 5.74) is 1.65. The lowest BCUT2D eigenvalue weighted by Gasteiger charge is -2.09. The quantitative estimate of drug-likeness (QED) is 0.823. The summed E-state index contributed by atoms with van der Waals surface area (Å²) >= 11 is 0. The fourth-order valence-corrected chi connectivity index (χ4v) is 1.68. The summed E-state index contributed by atoms with van der Waals surface area (Å²) in [6.07, 6.45) is 1.39. The van der Waals surface area contributed by atoms with Gasteiger partial charge in [0.15, 0.2) is 5.49 Å². The van der Waals surface area contributed by atoms with E-state index in [9.17, 15) is 10.0 Å². The van der Waals surface area contributed by atoms with Crippen LogP contribution in [0.5, 0.6) is 5.75 Å². The van der Waals surface area contributed by atoms with E-state index in [0.717, 1.165) is 10.3 Å². The molecule has 104 valence electrons. The summed E-state index contributed by atoms with van der Waals surface area (Å²) in [5, 5.41) is 12.1. The molecule has 6 nitrogen and oxygen atoms in total. The van der Waals surface area contributed by atoms with Crippen LogP contribution in [0.25, 0.3) is 0 Å². The molecule has 0 saturated heterocycles. The molecule has 0 bridgehead atoms. The van der Waals surface area contributed by atoms with Crippen LogP contribution in [0.4, 0.5) is 10.5 Å². The van der Waals surface area contributed by atoms with Gasteiger partial charge in [0, 0.05) is 6.20 Å². The number of benzene rings is 1. The Morgan fingerprint density at radius 3 is 2.85 bits per heavy atom. The highest BCUT2D eigenvalue weighted by atomic mass is 16.5. The van der Waals surface area contributed by atoms with Crippen molar-refractivity contribution in [3.63, 3.8) is 0 Å². The van der Waals surface area contributed by atoms with Crippen LogP contribution in [0.1, 0.15) is 5.56 Å². The topological polar surface area (TPSA) is 75.8 Å². The van der Waals surface area contributed by atoms with Crippen LogP contribution in [0, 0.1) is 6.92 Å². The number of carbonyl (C=O) groups is 1. The number of methoxy groups -OCH3 is 1. The molecule has 2 N–H and O–H groups in total. The van der Waals surface area contributed by atoms with Crippen molar-refractivity contribution in [2.24, 2.45) is 4.99 Å². The third kappa shape index (κ3) is 3.17. The molecule has 0 fully saturated rings. The van der Waals surface area contributed by atoms with Gasteiger partial charge in [-0.3, -0.25) is 0 Å². The summed E-state index contributed by atoms with van der Waals surface area (Å²) in [4.78, 5) is 15.6. The van der Waals surface area contributed by atoms with Gasteiger partial charge in [-0.2, -0.15) is 9.72 Å². The van der Waals surface area contributed by atoms with E-state index in [4.69, 9.17) is 4.74 Å². The Hall–Kier alpha value is -2.76. The molecule has 1 aromatic carbocycles. The van der Waals surface area contributed by atoms with Crippen molar-refractivity contribution in [1.82, 2.24) is 4.73 Å². The van der Waals surface area contributed by atoms with Gasteiger partial charge in [-0.05, 0) is 36.8 Å². The number of aromatic nitrogens is 1. The van der Waals surface area contributed by atoms with Crippen molar-refractivity contribution in [2.45, 2.75) is 6.92 Å². The van der Waals surface area contributed by atoms with Crippen LogP contribution in [0.2, 0.25) is 0 Å².